The van der Waals surface area contributed by atoms with Crippen molar-refractivity contribution in [2.45, 2.75) is 37.7 Å². The molecule has 0 bridgehead atoms. The lowest BCUT2D eigenvalue weighted by molar-refractivity contribution is -0.136. The zero-order valence-electron chi connectivity index (χ0n) is 17.3. The van der Waals surface area contributed by atoms with E-state index in [1.54, 1.807) is 41.3 Å². The molecule has 0 unspecified atom stereocenters. The molecule has 0 saturated carbocycles. The second-order valence-corrected chi connectivity index (χ2v) is 8.08. The van der Waals surface area contributed by atoms with Crippen molar-refractivity contribution in [2.75, 3.05) is 31.8 Å². The number of rotatable bonds is 6. The van der Waals surface area contributed by atoms with Gasteiger partial charge in [-0.3, -0.25) is 19.4 Å². The van der Waals surface area contributed by atoms with Crippen molar-refractivity contribution >= 4 is 17.4 Å². The van der Waals surface area contributed by atoms with Gasteiger partial charge in [0, 0.05) is 5.56 Å². The van der Waals surface area contributed by atoms with E-state index >= 15 is 0 Å². The van der Waals surface area contributed by atoms with Crippen LogP contribution < -0.4 is 9.64 Å². The summed E-state index contributed by atoms with van der Waals surface area (Å²) >= 11 is 0. The van der Waals surface area contributed by atoms with Crippen LogP contribution >= 0.6 is 0 Å². The van der Waals surface area contributed by atoms with Crippen LogP contribution in [0, 0.1) is 0 Å². The van der Waals surface area contributed by atoms with Gasteiger partial charge in [-0.15, -0.1) is 0 Å². The van der Waals surface area contributed by atoms with Gasteiger partial charge in [-0.1, -0.05) is 43.2 Å². The number of Topliss-reactive ketones (excluding diaryl/α,β-unsaturated/α-hetero) is 1. The number of nitrogens with zero attached hydrogens (tertiary/aromatic N) is 2. The number of para-hydroxylation sites is 2. The van der Waals surface area contributed by atoms with Gasteiger partial charge in [0.05, 0.1) is 31.5 Å². The first-order valence-electron chi connectivity index (χ1n) is 10.6. The Bertz CT molecular complexity index is 936. The zero-order valence-corrected chi connectivity index (χ0v) is 17.3. The maximum atomic E-state index is 13.4. The van der Waals surface area contributed by atoms with Crippen molar-refractivity contribution in [3.63, 3.8) is 0 Å². The summed E-state index contributed by atoms with van der Waals surface area (Å²) in [5.74, 6) is -0.322. The Balaban J connectivity index is 1.62. The fraction of sp³-hybridized carbons (Fsp3) is 0.417. The summed E-state index contributed by atoms with van der Waals surface area (Å²) < 4.78 is 5.29. The van der Waals surface area contributed by atoms with Gasteiger partial charge in [0.25, 0.3) is 5.91 Å². The Morgan fingerprint density at radius 1 is 1.03 bits per heavy atom. The molecule has 1 N–H and O–H groups in total. The van der Waals surface area contributed by atoms with E-state index in [1.165, 1.54) is 20.0 Å². The number of ketones is 1. The van der Waals surface area contributed by atoms with Crippen LogP contribution in [0.25, 0.3) is 0 Å². The van der Waals surface area contributed by atoms with E-state index in [2.05, 4.69) is 4.90 Å². The zero-order chi connectivity index (χ0) is 21.1. The maximum absolute atomic E-state index is 13.4. The Kier molecular flexibility index (Phi) is 5.88. The van der Waals surface area contributed by atoms with Gasteiger partial charge < -0.3 is 9.84 Å². The smallest absolute Gasteiger partial charge is 0.265 e. The average Bonchev–Trinajstić information content (AvgIpc) is 2.95. The number of likely N-dealkylation sites (tertiary alicyclic amines) is 1. The summed E-state index contributed by atoms with van der Waals surface area (Å²) in [6, 6.07) is 14.1. The SMILES string of the molecule is COc1ccccc1C(=O)C[C@@]1(O)C(=O)N(CN2CCCCCC2)c2ccccc21. The number of fused-ring (bicyclic) bond motifs is 1. The van der Waals surface area contributed by atoms with E-state index in [9.17, 15) is 14.7 Å². The molecule has 6 nitrogen and oxygen atoms in total. The van der Waals surface area contributed by atoms with Crippen molar-refractivity contribution in [2.24, 2.45) is 0 Å². The third-order valence-corrected chi connectivity index (χ3v) is 6.10. The van der Waals surface area contributed by atoms with Gasteiger partial charge in [0.15, 0.2) is 11.4 Å². The van der Waals surface area contributed by atoms with Gasteiger partial charge in [0.1, 0.15) is 5.75 Å². The number of hydrogen-bond acceptors (Lipinski definition) is 5. The Morgan fingerprint density at radius 3 is 2.43 bits per heavy atom. The van der Waals surface area contributed by atoms with E-state index in [-0.39, 0.29) is 12.2 Å². The minimum absolute atomic E-state index is 0.320. The van der Waals surface area contributed by atoms with Gasteiger partial charge in [-0.25, -0.2) is 0 Å². The van der Waals surface area contributed by atoms with E-state index in [0.717, 1.165) is 25.9 Å². The van der Waals surface area contributed by atoms with Gasteiger partial charge in [0.2, 0.25) is 0 Å². The third-order valence-electron chi connectivity index (χ3n) is 6.10. The van der Waals surface area contributed by atoms with Crippen molar-refractivity contribution in [1.29, 1.82) is 0 Å². The molecule has 1 saturated heterocycles. The van der Waals surface area contributed by atoms with Crippen molar-refractivity contribution in [3.8, 4) is 5.75 Å². The second kappa shape index (κ2) is 8.58. The molecular weight excluding hydrogens is 380 g/mol. The number of carbonyl (C=O) groups excluding carboxylic acids is 2. The standard InChI is InChI=1S/C24H28N2O4/c1-30-22-13-7-4-10-18(22)21(27)16-24(29)19-11-5-6-12-20(19)26(23(24)28)17-25-14-8-2-3-9-15-25/h4-7,10-13,29H,2-3,8-9,14-17H2,1H3/t24-/m0/s1. The fourth-order valence-corrected chi connectivity index (χ4v) is 4.50. The minimum Gasteiger partial charge on any atom is -0.496 e. The van der Waals surface area contributed by atoms with E-state index in [4.69, 9.17) is 4.74 Å². The van der Waals surface area contributed by atoms with Crippen LogP contribution in [-0.2, 0) is 10.4 Å². The number of amides is 1. The molecule has 2 aliphatic heterocycles. The topological polar surface area (TPSA) is 70.1 Å². The molecule has 1 atom stereocenters. The van der Waals surface area contributed by atoms with Gasteiger partial charge >= 0.3 is 0 Å². The molecule has 6 heteroatoms. The Morgan fingerprint density at radius 2 is 1.70 bits per heavy atom. The Hall–Kier alpha value is -2.70. The molecule has 0 aliphatic carbocycles. The van der Waals surface area contributed by atoms with Crippen LogP contribution in [0.4, 0.5) is 5.69 Å². The summed E-state index contributed by atoms with van der Waals surface area (Å²) in [6.45, 7) is 2.30. The van der Waals surface area contributed by atoms with Crippen LogP contribution in [0.2, 0.25) is 0 Å². The van der Waals surface area contributed by atoms with Crippen molar-refractivity contribution in [3.05, 3.63) is 59.7 Å². The molecule has 2 heterocycles. The molecule has 2 aromatic rings. The first-order chi connectivity index (χ1) is 14.5. The molecule has 0 spiro atoms. The number of ether oxygens (including phenoxy) is 1. The molecule has 1 amide bonds. The molecule has 4 rings (SSSR count). The highest BCUT2D eigenvalue weighted by molar-refractivity contribution is 6.11. The summed E-state index contributed by atoms with van der Waals surface area (Å²) in [5.41, 5.74) is -0.333. The minimum atomic E-state index is -1.87. The lowest BCUT2D eigenvalue weighted by Crippen LogP contribution is -2.46. The largest absolute Gasteiger partial charge is 0.496 e. The molecule has 0 aromatic heterocycles. The van der Waals surface area contributed by atoms with Crippen LogP contribution in [0.15, 0.2) is 48.5 Å². The predicted molar refractivity (Wildman–Crippen MR) is 115 cm³/mol. The molecule has 0 radical (unpaired) electrons. The van der Waals surface area contributed by atoms with Crippen molar-refractivity contribution in [1.82, 2.24) is 4.90 Å². The summed E-state index contributed by atoms with van der Waals surface area (Å²) in [5, 5.41) is 11.5. The highest BCUT2D eigenvalue weighted by Crippen LogP contribution is 2.43. The Labute approximate surface area is 177 Å². The summed E-state index contributed by atoms with van der Waals surface area (Å²) in [4.78, 5) is 30.4. The number of hydrogen-bond donors (Lipinski definition) is 1. The normalized spacial score (nSPS) is 21.9. The lowest BCUT2D eigenvalue weighted by Gasteiger charge is -2.28. The highest BCUT2D eigenvalue weighted by Gasteiger charge is 2.51. The van der Waals surface area contributed by atoms with E-state index in [1.807, 2.05) is 12.1 Å². The van der Waals surface area contributed by atoms with Crippen molar-refractivity contribution < 1.29 is 19.4 Å². The number of methoxy groups -OCH3 is 1. The summed E-state index contributed by atoms with van der Waals surface area (Å²) in [7, 11) is 1.50. The summed E-state index contributed by atoms with van der Waals surface area (Å²) in [6.07, 6.45) is 4.32. The van der Waals surface area contributed by atoms with Crippen LogP contribution in [0.1, 0.15) is 48.0 Å². The number of aliphatic hydroxyl groups is 1. The first kappa shape index (κ1) is 20.6. The quantitative estimate of drug-likeness (QED) is 0.743. The molecule has 1 fully saturated rings. The molecule has 158 valence electrons. The monoisotopic (exact) mass is 408 g/mol. The van der Waals surface area contributed by atoms with Crippen LogP contribution in [0.3, 0.4) is 0 Å². The third kappa shape index (κ3) is 3.73. The van der Waals surface area contributed by atoms with Gasteiger partial charge in [-0.2, -0.15) is 0 Å². The van der Waals surface area contributed by atoms with Crippen LogP contribution in [-0.4, -0.2) is 48.6 Å². The fourth-order valence-electron chi connectivity index (χ4n) is 4.50. The van der Waals surface area contributed by atoms with E-state index < -0.39 is 11.5 Å². The molecular formula is C24H28N2O4. The predicted octanol–water partition coefficient (Wildman–Crippen LogP) is 3.34. The maximum Gasteiger partial charge on any atom is 0.265 e. The first-order valence-corrected chi connectivity index (χ1v) is 10.6. The molecule has 2 aromatic carbocycles. The molecule has 30 heavy (non-hydrogen) atoms. The lowest BCUT2D eigenvalue weighted by atomic mass is 9.88. The van der Waals surface area contributed by atoms with Crippen LogP contribution in [0.5, 0.6) is 5.75 Å². The average molecular weight is 408 g/mol. The van der Waals surface area contributed by atoms with Gasteiger partial charge in [-0.05, 0) is 44.1 Å². The number of anilines is 1. The highest BCUT2D eigenvalue weighted by atomic mass is 16.5. The number of benzene rings is 2. The van der Waals surface area contributed by atoms with E-state index in [0.29, 0.717) is 29.2 Å². The molecule has 2 aliphatic rings. The second-order valence-electron chi connectivity index (χ2n) is 8.08. The number of carbonyl (C=O) groups is 2.